The van der Waals surface area contributed by atoms with Crippen molar-refractivity contribution in [1.29, 1.82) is 0 Å². The molecule has 0 aromatic heterocycles. The van der Waals surface area contributed by atoms with Gasteiger partial charge in [-0.3, -0.25) is 0 Å². The van der Waals surface area contributed by atoms with Crippen LogP contribution in [-0.4, -0.2) is 16.5 Å². The van der Waals surface area contributed by atoms with Gasteiger partial charge in [-0.1, -0.05) is 48.9 Å². The van der Waals surface area contributed by atoms with Crippen molar-refractivity contribution < 1.29 is 0 Å². The molecule has 0 rings (SSSR count). The Labute approximate surface area is 90.4 Å². The first-order valence-corrected chi connectivity index (χ1v) is 6.21. The average molecular weight is 281 g/mol. The van der Waals surface area contributed by atoms with Crippen LogP contribution in [0.1, 0.15) is 33.1 Å². The maximum Gasteiger partial charge on any atom is 0.0690 e. The van der Waals surface area contributed by atoms with E-state index < -0.39 is 0 Å². The molecule has 0 N–H and O–H groups in total. The number of alkyl halides is 1. The SMILES string of the molecule is CCCC(/C=C\N(C)CI)CC. The van der Waals surface area contributed by atoms with Crippen LogP contribution in [0.2, 0.25) is 0 Å². The molecule has 0 spiro atoms. The summed E-state index contributed by atoms with van der Waals surface area (Å²) in [7, 11) is 2.11. The summed E-state index contributed by atoms with van der Waals surface area (Å²) in [6, 6.07) is 0. The van der Waals surface area contributed by atoms with Gasteiger partial charge in [-0.25, -0.2) is 0 Å². The van der Waals surface area contributed by atoms with Crippen molar-refractivity contribution in [1.82, 2.24) is 4.90 Å². The van der Waals surface area contributed by atoms with Crippen molar-refractivity contribution in [3.63, 3.8) is 0 Å². The molecule has 0 bridgehead atoms. The highest BCUT2D eigenvalue weighted by molar-refractivity contribution is 14.1. The van der Waals surface area contributed by atoms with Gasteiger partial charge in [-0.05, 0) is 25.0 Å². The lowest BCUT2D eigenvalue weighted by Crippen LogP contribution is -2.07. The molecule has 1 atom stereocenters. The van der Waals surface area contributed by atoms with Gasteiger partial charge in [0.05, 0.1) is 4.55 Å². The first-order valence-electron chi connectivity index (χ1n) is 4.69. The van der Waals surface area contributed by atoms with Crippen LogP contribution in [0.25, 0.3) is 0 Å². The second-order valence-corrected chi connectivity index (χ2v) is 3.86. The van der Waals surface area contributed by atoms with Gasteiger partial charge in [0.15, 0.2) is 0 Å². The predicted octanol–water partition coefficient (Wildman–Crippen LogP) is 3.65. The van der Waals surface area contributed by atoms with Crippen LogP contribution in [0, 0.1) is 5.92 Å². The summed E-state index contributed by atoms with van der Waals surface area (Å²) < 4.78 is 1.07. The highest BCUT2D eigenvalue weighted by Gasteiger charge is 1.99. The van der Waals surface area contributed by atoms with Crippen LogP contribution in [-0.2, 0) is 0 Å². The third kappa shape index (κ3) is 5.86. The Morgan fingerprint density at radius 1 is 1.42 bits per heavy atom. The molecule has 1 nitrogen and oxygen atoms in total. The van der Waals surface area contributed by atoms with E-state index in [0.29, 0.717) is 0 Å². The van der Waals surface area contributed by atoms with Crippen LogP contribution in [0.3, 0.4) is 0 Å². The van der Waals surface area contributed by atoms with E-state index in [1.807, 2.05) is 0 Å². The summed E-state index contributed by atoms with van der Waals surface area (Å²) in [5.74, 6) is 0.778. The summed E-state index contributed by atoms with van der Waals surface area (Å²) in [6.45, 7) is 4.51. The van der Waals surface area contributed by atoms with Crippen molar-refractivity contribution in [2.45, 2.75) is 33.1 Å². The molecule has 0 aromatic carbocycles. The van der Waals surface area contributed by atoms with Gasteiger partial charge in [-0.15, -0.1) is 0 Å². The standard InChI is InChI=1S/C10H20IN/c1-4-6-10(5-2)7-8-12(3)9-11/h7-8,10H,4-6,9H2,1-3H3/b8-7-. The molecule has 1 unspecified atom stereocenters. The Kier molecular flexibility index (Phi) is 8.07. The number of halogens is 1. The predicted molar refractivity (Wildman–Crippen MR) is 64.5 cm³/mol. The van der Waals surface area contributed by atoms with Crippen LogP contribution in [0.15, 0.2) is 12.3 Å². The Morgan fingerprint density at radius 3 is 2.50 bits per heavy atom. The van der Waals surface area contributed by atoms with Crippen LogP contribution >= 0.6 is 22.6 Å². The zero-order valence-electron chi connectivity index (χ0n) is 8.39. The van der Waals surface area contributed by atoms with Crippen molar-refractivity contribution in [2.24, 2.45) is 5.92 Å². The average Bonchev–Trinajstić information content (AvgIpc) is 2.11. The van der Waals surface area contributed by atoms with Crippen LogP contribution < -0.4 is 0 Å². The van der Waals surface area contributed by atoms with Gasteiger partial charge in [-0.2, -0.15) is 0 Å². The number of hydrogen-bond acceptors (Lipinski definition) is 1. The molecular weight excluding hydrogens is 261 g/mol. The quantitative estimate of drug-likeness (QED) is 0.408. The van der Waals surface area contributed by atoms with Gasteiger partial charge >= 0.3 is 0 Å². The molecule has 72 valence electrons. The summed E-state index contributed by atoms with van der Waals surface area (Å²) in [4.78, 5) is 2.21. The van der Waals surface area contributed by atoms with Crippen LogP contribution in [0.5, 0.6) is 0 Å². The van der Waals surface area contributed by atoms with Gasteiger partial charge in [0.2, 0.25) is 0 Å². The maximum atomic E-state index is 2.37. The normalized spacial score (nSPS) is 13.7. The van der Waals surface area contributed by atoms with Crippen molar-refractivity contribution in [3.8, 4) is 0 Å². The number of hydrogen-bond donors (Lipinski definition) is 0. The van der Waals surface area contributed by atoms with Crippen molar-refractivity contribution in [2.75, 3.05) is 11.6 Å². The van der Waals surface area contributed by atoms with Crippen molar-refractivity contribution >= 4 is 22.6 Å². The number of rotatable bonds is 6. The molecule has 0 aliphatic heterocycles. The zero-order valence-corrected chi connectivity index (χ0v) is 10.5. The van der Waals surface area contributed by atoms with E-state index in [0.717, 1.165) is 10.5 Å². The molecule has 0 radical (unpaired) electrons. The summed E-state index contributed by atoms with van der Waals surface area (Å²) in [6.07, 6.45) is 8.41. The molecule has 0 aliphatic rings. The Morgan fingerprint density at radius 2 is 2.08 bits per heavy atom. The summed E-state index contributed by atoms with van der Waals surface area (Å²) in [5.41, 5.74) is 0. The lowest BCUT2D eigenvalue weighted by molar-refractivity contribution is 0.519. The first-order chi connectivity index (χ1) is 5.74. The molecule has 0 aromatic rings. The Bertz CT molecular complexity index is 123. The zero-order chi connectivity index (χ0) is 9.40. The van der Waals surface area contributed by atoms with E-state index in [1.54, 1.807) is 0 Å². The van der Waals surface area contributed by atoms with E-state index in [-0.39, 0.29) is 0 Å². The molecule has 0 fully saturated rings. The second-order valence-electron chi connectivity index (χ2n) is 3.18. The fraction of sp³-hybridized carbons (Fsp3) is 0.800. The van der Waals surface area contributed by atoms with Crippen LogP contribution in [0.4, 0.5) is 0 Å². The molecule has 2 heteroatoms. The molecule has 0 amide bonds. The lowest BCUT2D eigenvalue weighted by Gasteiger charge is -2.12. The van der Waals surface area contributed by atoms with E-state index in [2.05, 4.69) is 60.7 Å². The largest absolute Gasteiger partial charge is 0.372 e. The van der Waals surface area contributed by atoms with Gasteiger partial charge in [0, 0.05) is 7.05 Å². The minimum Gasteiger partial charge on any atom is -0.372 e. The fourth-order valence-corrected chi connectivity index (χ4v) is 1.34. The molecule has 0 saturated carbocycles. The first kappa shape index (κ1) is 12.3. The van der Waals surface area contributed by atoms with Gasteiger partial charge < -0.3 is 4.90 Å². The Balaban J connectivity index is 3.74. The minimum atomic E-state index is 0.778. The Hall–Kier alpha value is 0.270. The smallest absolute Gasteiger partial charge is 0.0690 e. The van der Waals surface area contributed by atoms with Gasteiger partial charge in [0.1, 0.15) is 0 Å². The van der Waals surface area contributed by atoms with E-state index in [4.69, 9.17) is 0 Å². The summed E-state index contributed by atoms with van der Waals surface area (Å²) >= 11 is 2.37. The molecule has 12 heavy (non-hydrogen) atoms. The maximum absolute atomic E-state index is 2.37. The van der Waals surface area contributed by atoms with E-state index in [9.17, 15) is 0 Å². The number of allylic oxidation sites excluding steroid dienone is 1. The van der Waals surface area contributed by atoms with Crippen molar-refractivity contribution in [3.05, 3.63) is 12.3 Å². The monoisotopic (exact) mass is 281 g/mol. The third-order valence-electron chi connectivity index (χ3n) is 1.99. The minimum absolute atomic E-state index is 0.778. The highest BCUT2D eigenvalue weighted by Crippen LogP contribution is 2.12. The summed E-state index contributed by atoms with van der Waals surface area (Å²) in [5, 5.41) is 0. The molecule has 0 aliphatic carbocycles. The molecule has 0 saturated heterocycles. The highest BCUT2D eigenvalue weighted by atomic mass is 127. The third-order valence-corrected chi connectivity index (χ3v) is 3.06. The van der Waals surface area contributed by atoms with E-state index in [1.165, 1.54) is 19.3 Å². The van der Waals surface area contributed by atoms with Gasteiger partial charge in [0.25, 0.3) is 0 Å². The van der Waals surface area contributed by atoms with E-state index >= 15 is 0 Å². The second kappa shape index (κ2) is 7.90. The topological polar surface area (TPSA) is 3.24 Å². The lowest BCUT2D eigenvalue weighted by atomic mass is 10.0. The fourth-order valence-electron chi connectivity index (χ4n) is 1.12. The molecular formula is C10H20IN. The molecule has 0 heterocycles. The number of nitrogens with zero attached hydrogens (tertiary/aromatic N) is 1.